The molecule has 5 aliphatic carbocycles. The van der Waals surface area contributed by atoms with E-state index in [1.54, 1.807) is 0 Å². The van der Waals surface area contributed by atoms with E-state index in [1.807, 2.05) is 6.07 Å². The number of furan rings is 1. The summed E-state index contributed by atoms with van der Waals surface area (Å²) >= 11 is 0. The summed E-state index contributed by atoms with van der Waals surface area (Å²) in [5, 5.41) is 13.8. The summed E-state index contributed by atoms with van der Waals surface area (Å²) in [6.07, 6.45) is 8.77. The predicted molar refractivity (Wildman–Crippen MR) is 211 cm³/mol. The molecular formula is C50H38O2. The second kappa shape index (κ2) is 10.3. The molecule has 5 unspecified atom stereocenters. The zero-order valence-corrected chi connectivity index (χ0v) is 29.0. The van der Waals surface area contributed by atoms with Crippen molar-refractivity contribution in [1.82, 2.24) is 0 Å². The second-order valence-corrected chi connectivity index (χ2v) is 16.3. The third-order valence-electron chi connectivity index (χ3n) is 14.2. The highest BCUT2D eigenvalue weighted by atomic mass is 16.4. The molecule has 2 nitrogen and oxygen atoms in total. The minimum atomic E-state index is -0.237. The van der Waals surface area contributed by atoms with E-state index >= 15 is 0 Å². The number of allylic oxidation sites excluding steroid dienone is 1. The first kappa shape index (κ1) is 29.1. The summed E-state index contributed by atoms with van der Waals surface area (Å²) in [5.41, 5.74) is 20.2. The Labute approximate surface area is 303 Å². The first-order valence-corrected chi connectivity index (χ1v) is 19.1. The van der Waals surface area contributed by atoms with Crippen molar-refractivity contribution < 1.29 is 9.52 Å². The summed E-state index contributed by atoms with van der Waals surface area (Å²) in [5.74, 6) is 1.45. The summed E-state index contributed by atoms with van der Waals surface area (Å²) in [6, 6.07) is 47.4. The third kappa shape index (κ3) is 3.66. The van der Waals surface area contributed by atoms with Gasteiger partial charge in [-0.1, -0.05) is 115 Å². The van der Waals surface area contributed by atoms with Gasteiger partial charge in [0, 0.05) is 27.2 Å². The minimum absolute atomic E-state index is 0.0358. The fourth-order valence-corrected chi connectivity index (χ4v) is 12.4. The lowest BCUT2D eigenvalue weighted by atomic mass is 9.42. The van der Waals surface area contributed by atoms with Gasteiger partial charge in [0.05, 0.1) is 0 Å². The molecule has 250 valence electrons. The lowest BCUT2D eigenvalue weighted by Crippen LogP contribution is -2.55. The highest BCUT2D eigenvalue weighted by Crippen LogP contribution is 2.71. The normalized spacial score (nSPS) is 25.9. The van der Waals surface area contributed by atoms with Crippen LogP contribution < -0.4 is 0 Å². The molecule has 0 amide bonds. The van der Waals surface area contributed by atoms with E-state index in [0.717, 1.165) is 43.1 Å². The van der Waals surface area contributed by atoms with Crippen molar-refractivity contribution >= 4 is 33.6 Å². The molecule has 2 saturated carbocycles. The Balaban J connectivity index is 1.18. The van der Waals surface area contributed by atoms with Gasteiger partial charge in [-0.2, -0.15) is 0 Å². The zero-order valence-electron chi connectivity index (χ0n) is 29.0. The average molecular weight is 671 g/mol. The fourth-order valence-electron chi connectivity index (χ4n) is 12.4. The monoisotopic (exact) mass is 670 g/mol. The van der Waals surface area contributed by atoms with E-state index in [4.69, 9.17) is 4.42 Å². The molecular weight excluding hydrogens is 633 g/mol. The van der Waals surface area contributed by atoms with Crippen LogP contribution in [-0.4, -0.2) is 5.11 Å². The Morgan fingerprint density at radius 2 is 1.33 bits per heavy atom. The Morgan fingerprint density at radius 1 is 0.596 bits per heavy atom. The molecule has 0 aliphatic heterocycles. The van der Waals surface area contributed by atoms with Gasteiger partial charge in [-0.05, 0) is 130 Å². The maximum Gasteiger partial charge on any atom is 0.177 e. The van der Waals surface area contributed by atoms with Crippen molar-refractivity contribution in [2.75, 3.05) is 0 Å². The number of aromatic hydroxyl groups is 1. The third-order valence-corrected chi connectivity index (χ3v) is 14.2. The molecule has 12 rings (SSSR count). The Bertz CT molecular complexity index is 2740. The molecule has 0 saturated heterocycles. The summed E-state index contributed by atoms with van der Waals surface area (Å²) in [6.45, 7) is 0. The first-order valence-electron chi connectivity index (χ1n) is 19.1. The van der Waals surface area contributed by atoms with Crippen molar-refractivity contribution in [2.24, 2.45) is 5.92 Å². The number of hydrogen-bond donors (Lipinski definition) is 1. The molecule has 52 heavy (non-hydrogen) atoms. The van der Waals surface area contributed by atoms with Gasteiger partial charge >= 0.3 is 0 Å². The van der Waals surface area contributed by atoms with Crippen LogP contribution in [0.4, 0.5) is 0 Å². The van der Waals surface area contributed by atoms with Gasteiger partial charge in [0.25, 0.3) is 0 Å². The van der Waals surface area contributed by atoms with Crippen LogP contribution in [0.2, 0.25) is 0 Å². The molecule has 0 radical (unpaired) electrons. The molecule has 2 heteroatoms. The summed E-state index contributed by atoms with van der Waals surface area (Å²) in [7, 11) is 0. The number of rotatable bonds is 2. The largest absolute Gasteiger partial charge is 0.504 e. The topological polar surface area (TPSA) is 33.4 Å². The Morgan fingerprint density at radius 3 is 2.23 bits per heavy atom. The van der Waals surface area contributed by atoms with Crippen molar-refractivity contribution in [3.05, 3.63) is 167 Å². The molecule has 4 bridgehead atoms. The lowest BCUT2D eigenvalue weighted by molar-refractivity contribution is 0.0239. The van der Waals surface area contributed by atoms with Gasteiger partial charge in [0.1, 0.15) is 5.58 Å². The molecule has 6 aromatic carbocycles. The highest BCUT2D eigenvalue weighted by molar-refractivity contribution is 6.11. The number of benzene rings is 6. The van der Waals surface area contributed by atoms with Crippen LogP contribution >= 0.6 is 0 Å². The highest BCUT2D eigenvalue weighted by Gasteiger charge is 2.62. The van der Waals surface area contributed by atoms with Crippen LogP contribution in [0, 0.1) is 5.92 Å². The first-order chi connectivity index (χ1) is 25.6. The Hall–Kier alpha value is -5.56. The number of phenolic OH excluding ortho intramolecular Hbond substituents is 1. The Kier molecular flexibility index (Phi) is 5.74. The van der Waals surface area contributed by atoms with Gasteiger partial charge < -0.3 is 9.52 Å². The fraction of sp³-hybridized carbons (Fsp3) is 0.220. The van der Waals surface area contributed by atoms with Crippen molar-refractivity contribution in [3.63, 3.8) is 0 Å². The molecule has 5 atom stereocenters. The molecule has 1 aromatic heterocycles. The zero-order chi connectivity index (χ0) is 34.2. The quantitative estimate of drug-likeness (QED) is 0.186. The van der Waals surface area contributed by atoms with Crippen molar-refractivity contribution in [1.29, 1.82) is 0 Å². The van der Waals surface area contributed by atoms with Crippen LogP contribution in [0.1, 0.15) is 83.7 Å². The minimum Gasteiger partial charge on any atom is -0.504 e. The van der Waals surface area contributed by atoms with Crippen LogP contribution in [0.5, 0.6) is 5.75 Å². The van der Waals surface area contributed by atoms with E-state index in [9.17, 15) is 5.11 Å². The smallest absolute Gasteiger partial charge is 0.177 e. The van der Waals surface area contributed by atoms with E-state index in [0.29, 0.717) is 23.3 Å². The molecule has 2 fully saturated rings. The average Bonchev–Trinajstić information content (AvgIpc) is 3.44. The summed E-state index contributed by atoms with van der Waals surface area (Å²) in [4.78, 5) is 0. The standard InChI is InChI=1S/C50H38O2/c51-43-24-23-42-47-46-37(17-9-19-44(46)52-48(43)47)33-28-49-26-32(36-13-4-6-15-39(36)40-16-7-8-18-41(40)49)22-25-45(49)50(42,29-33)27-31-21-20-30-10-1-2-11-34(30)38-14-5-3-12-35(31)38/h1-20,23-24,32-33,45,51H,22,25-29H2. The van der Waals surface area contributed by atoms with Crippen LogP contribution in [0.25, 0.3) is 55.8 Å². The second-order valence-electron chi connectivity index (χ2n) is 16.3. The van der Waals surface area contributed by atoms with Gasteiger partial charge in [0.15, 0.2) is 11.3 Å². The molecule has 5 aliphatic rings. The number of fused-ring (bicyclic) bond motifs is 13. The van der Waals surface area contributed by atoms with Crippen LogP contribution in [0.15, 0.2) is 138 Å². The van der Waals surface area contributed by atoms with Gasteiger partial charge in [-0.25, -0.2) is 0 Å². The van der Waals surface area contributed by atoms with Crippen molar-refractivity contribution in [2.45, 2.75) is 61.2 Å². The van der Waals surface area contributed by atoms with E-state index in [-0.39, 0.29) is 16.6 Å². The maximum absolute atomic E-state index is 11.4. The van der Waals surface area contributed by atoms with Crippen LogP contribution in [0.3, 0.4) is 0 Å². The molecule has 1 spiro atoms. The van der Waals surface area contributed by atoms with Crippen LogP contribution in [-0.2, 0) is 10.8 Å². The maximum atomic E-state index is 11.4. The van der Waals surface area contributed by atoms with Crippen molar-refractivity contribution in [3.8, 4) is 28.0 Å². The van der Waals surface area contributed by atoms with Gasteiger partial charge in [-0.3, -0.25) is 0 Å². The van der Waals surface area contributed by atoms with E-state index in [1.165, 1.54) is 73.0 Å². The van der Waals surface area contributed by atoms with Gasteiger partial charge in [-0.15, -0.1) is 5.73 Å². The van der Waals surface area contributed by atoms with Gasteiger partial charge in [0.2, 0.25) is 0 Å². The van der Waals surface area contributed by atoms with E-state index in [2.05, 4.69) is 133 Å². The number of phenols is 1. The van der Waals surface area contributed by atoms with E-state index < -0.39 is 0 Å². The molecule has 1 N–H and O–H groups in total. The SMILES string of the molecule is Oc1ccc2c3c1oc1cccc(c13)C1CC34CC(CCC3C2(CC2=C=Cc3ccccc3-c3ccccc32)C1)c1ccccc1-c1ccccc14. The molecule has 7 aromatic rings. The number of hydrogen-bond acceptors (Lipinski definition) is 2. The summed E-state index contributed by atoms with van der Waals surface area (Å²) < 4.78 is 6.61. The molecule has 1 heterocycles. The lowest BCUT2D eigenvalue weighted by Gasteiger charge is -2.61. The predicted octanol–water partition coefficient (Wildman–Crippen LogP) is 12.7.